The summed E-state index contributed by atoms with van der Waals surface area (Å²) in [4.78, 5) is 4.79. The molecule has 0 aliphatic carbocycles. The fourth-order valence-electron chi connectivity index (χ4n) is 2.94. The maximum atomic E-state index is 5.94. The van der Waals surface area contributed by atoms with Gasteiger partial charge in [0.05, 0.1) is 5.69 Å². The minimum atomic E-state index is 0.0891. The molecule has 1 heterocycles. The van der Waals surface area contributed by atoms with Gasteiger partial charge >= 0.3 is 0 Å². The second-order valence-electron chi connectivity index (χ2n) is 6.19. The van der Waals surface area contributed by atoms with Crippen molar-refractivity contribution in [3.05, 3.63) is 28.2 Å². The van der Waals surface area contributed by atoms with Crippen LogP contribution in [0, 0.1) is 5.92 Å². The Bertz CT molecular complexity index is 437. The van der Waals surface area contributed by atoms with E-state index in [2.05, 4.69) is 58.0 Å². The average molecular weight is 340 g/mol. The first-order valence-corrected chi connectivity index (χ1v) is 8.21. The van der Waals surface area contributed by atoms with E-state index in [4.69, 9.17) is 5.73 Å². The molecule has 2 rings (SSSR count). The second-order valence-corrected chi connectivity index (χ2v) is 7.05. The molecule has 1 fully saturated rings. The van der Waals surface area contributed by atoms with Gasteiger partial charge in [-0.05, 0) is 73.4 Å². The number of nitrogens with two attached hydrogens (primary N) is 1. The number of benzene rings is 1. The Balaban J connectivity index is 2.00. The molecule has 0 aromatic heterocycles. The van der Waals surface area contributed by atoms with Gasteiger partial charge in [0.25, 0.3) is 0 Å². The third-order valence-corrected chi connectivity index (χ3v) is 4.71. The molecule has 1 aromatic carbocycles. The Labute approximate surface area is 131 Å². The van der Waals surface area contributed by atoms with E-state index in [0.717, 1.165) is 19.0 Å². The molecule has 1 unspecified atom stereocenters. The molecule has 1 saturated heterocycles. The summed E-state index contributed by atoms with van der Waals surface area (Å²) in [5.41, 5.74) is 8.42. The molecule has 1 aliphatic rings. The fourth-order valence-corrected chi connectivity index (χ4v) is 3.58. The molecule has 112 valence electrons. The van der Waals surface area contributed by atoms with Crippen LogP contribution in [0.4, 0.5) is 5.69 Å². The number of anilines is 1. The monoisotopic (exact) mass is 339 g/mol. The number of halogens is 1. The third-order valence-electron chi connectivity index (χ3n) is 4.08. The summed E-state index contributed by atoms with van der Waals surface area (Å²) < 4.78 is 1.17. The van der Waals surface area contributed by atoms with Gasteiger partial charge in [-0.3, -0.25) is 0 Å². The molecule has 1 aliphatic heterocycles. The SMILES string of the molecule is CC(N)c1ccc(N2CCC(CN(C)C)CC2)c(Br)c1. The quantitative estimate of drug-likeness (QED) is 0.913. The van der Waals surface area contributed by atoms with Gasteiger partial charge in [0.2, 0.25) is 0 Å². The van der Waals surface area contributed by atoms with Crippen molar-refractivity contribution in [3.63, 3.8) is 0 Å². The van der Waals surface area contributed by atoms with E-state index in [1.165, 1.54) is 35.1 Å². The summed E-state index contributed by atoms with van der Waals surface area (Å²) >= 11 is 3.70. The molecule has 4 heteroatoms. The number of hydrogen-bond donors (Lipinski definition) is 1. The van der Waals surface area contributed by atoms with Crippen LogP contribution in [0.3, 0.4) is 0 Å². The second kappa shape index (κ2) is 6.92. The van der Waals surface area contributed by atoms with E-state index in [1.54, 1.807) is 0 Å². The Hall–Kier alpha value is -0.580. The lowest BCUT2D eigenvalue weighted by molar-refractivity contribution is 0.285. The van der Waals surface area contributed by atoms with Crippen molar-refractivity contribution in [3.8, 4) is 0 Å². The minimum Gasteiger partial charge on any atom is -0.371 e. The normalized spacial score (nSPS) is 18.6. The molecular formula is C16H26BrN3. The highest BCUT2D eigenvalue weighted by Crippen LogP contribution is 2.32. The Kier molecular flexibility index (Phi) is 5.47. The average Bonchev–Trinajstić information content (AvgIpc) is 2.39. The lowest BCUT2D eigenvalue weighted by Gasteiger charge is -2.35. The van der Waals surface area contributed by atoms with Crippen LogP contribution in [0.2, 0.25) is 0 Å². The van der Waals surface area contributed by atoms with E-state index in [1.807, 2.05) is 6.92 Å². The number of hydrogen-bond acceptors (Lipinski definition) is 3. The zero-order chi connectivity index (χ0) is 14.7. The molecule has 0 saturated carbocycles. The van der Waals surface area contributed by atoms with Crippen molar-refractivity contribution in [2.24, 2.45) is 11.7 Å². The van der Waals surface area contributed by atoms with Crippen molar-refractivity contribution in [1.82, 2.24) is 4.90 Å². The molecule has 20 heavy (non-hydrogen) atoms. The van der Waals surface area contributed by atoms with E-state index in [0.29, 0.717) is 0 Å². The van der Waals surface area contributed by atoms with Crippen LogP contribution in [-0.2, 0) is 0 Å². The summed E-state index contributed by atoms with van der Waals surface area (Å²) in [6.07, 6.45) is 2.55. The predicted molar refractivity (Wildman–Crippen MR) is 90.2 cm³/mol. The van der Waals surface area contributed by atoms with Gasteiger partial charge in [0.15, 0.2) is 0 Å². The molecule has 1 atom stereocenters. The first-order valence-electron chi connectivity index (χ1n) is 7.42. The van der Waals surface area contributed by atoms with Crippen LogP contribution in [0.5, 0.6) is 0 Å². The predicted octanol–water partition coefficient (Wildman–Crippen LogP) is 3.25. The summed E-state index contributed by atoms with van der Waals surface area (Å²) in [6.45, 7) is 5.52. The van der Waals surface area contributed by atoms with Crippen molar-refractivity contribution in [1.29, 1.82) is 0 Å². The van der Waals surface area contributed by atoms with Crippen LogP contribution < -0.4 is 10.6 Å². The zero-order valence-corrected chi connectivity index (χ0v) is 14.4. The topological polar surface area (TPSA) is 32.5 Å². The highest BCUT2D eigenvalue weighted by atomic mass is 79.9. The van der Waals surface area contributed by atoms with Crippen molar-refractivity contribution in [2.45, 2.75) is 25.8 Å². The Morgan fingerprint density at radius 3 is 2.50 bits per heavy atom. The largest absolute Gasteiger partial charge is 0.371 e. The third kappa shape index (κ3) is 3.96. The van der Waals surface area contributed by atoms with Gasteiger partial charge in [-0.15, -0.1) is 0 Å². The summed E-state index contributed by atoms with van der Waals surface area (Å²) in [6, 6.07) is 6.60. The molecule has 3 nitrogen and oxygen atoms in total. The molecule has 0 spiro atoms. The van der Waals surface area contributed by atoms with Crippen LogP contribution in [0.15, 0.2) is 22.7 Å². The molecule has 0 radical (unpaired) electrons. The van der Waals surface area contributed by atoms with Gasteiger partial charge in [-0.25, -0.2) is 0 Å². The van der Waals surface area contributed by atoms with E-state index in [9.17, 15) is 0 Å². The van der Waals surface area contributed by atoms with Crippen LogP contribution in [0.25, 0.3) is 0 Å². The first-order chi connectivity index (χ1) is 9.47. The molecule has 0 bridgehead atoms. The number of rotatable bonds is 4. The lowest BCUT2D eigenvalue weighted by Crippen LogP contribution is -2.37. The highest BCUT2D eigenvalue weighted by Gasteiger charge is 2.21. The smallest absolute Gasteiger partial charge is 0.0510 e. The maximum Gasteiger partial charge on any atom is 0.0510 e. The molecule has 1 aromatic rings. The maximum absolute atomic E-state index is 5.94. The van der Waals surface area contributed by atoms with Crippen LogP contribution in [0.1, 0.15) is 31.4 Å². The fraction of sp³-hybridized carbons (Fsp3) is 0.625. The molecule has 0 amide bonds. The Morgan fingerprint density at radius 1 is 1.35 bits per heavy atom. The standard InChI is InChI=1S/C16H26BrN3/c1-12(18)14-4-5-16(15(17)10-14)20-8-6-13(7-9-20)11-19(2)3/h4-5,10,12-13H,6-9,11,18H2,1-3H3. The van der Waals surface area contributed by atoms with Crippen molar-refractivity contribution in [2.75, 3.05) is 38.6 Å². The van der Waals surface area contributed by atoms with Gasteiger partial charge in [0.1, 0.15) is 0 Å². The number of piperidine rings is 1. The highest BCUT2D eigenvalue weighted by molar-refractivity contribution is 9.10. The first kappa shape index (κ1) is 15.8. The number of nitrogens with zero attached hydrogens (tertiary/aromatic N) is 2. The molecular weight excluding hydrogens is 314 g/mol. The summed E-state index contributed by atoms with van der Waals surface area (Å²) in [7, 11) is 4.32. The minimum absolute atomic E-state index is 0.0891. The lowest BCUT2D eigenvalue weighted by atomic mass is 9.96. The van der Waals surface area contributed by atoms with Crippen LogP contribution >= 0.6 is 15.9 Å². The summed E-state index contributed by atoms with van der Waals surface area (Å²) in [5.74, 6) is 0.836. The van der Waals surface area contributed by atoms with Crippen LogP contribution in [-0.4, -0.2) is 38.6 Å². The van der Waals surface area contributed by atoms with Crippen molar-refractivity contribution < 1.29 is 0 Å². The van der Waals surface area contributed by atoms with E-state index < -0.39 is 0 Å². The van der Waals surface area contributed by atoms with Gasteiger partial charge in [-0.1, -0.05) is 6.07 Å². The van der Waals surface area contributed by atoms with Gasteiger partial charge < -0.3 is 15.5 Å². The zero-order valence-electron chi connectivity index (χ0n) is 12.8. The van der Waals surface area contributed by atoms with Crippen molar-refractivity contribution >= 4 is 21.6 Å². The summed E-state index contributed by atoms with van der Waals surface area (Å²) in [5, 5.41) is 0. The Morgan fingerprint density at radius 2 is 2.00 bits per heavy atom. The van der Waals surface area contributed by atoms with E-state index in [-0.39, 0.29) is 6.04 Å². The van der Waals surface area contributed by atoms with E-state index >= 15 is 0 Å². The molecule has 2 N–H and O–H groups in total. The van der Waals surface area contributed by atoms with Gasteiger partial charge in [-0.2, -0.15) is 0 Å². The van der Waals surface area contributed by atoms with Gasteiger partial charge in [0, 0.05) is 30.1 Å².